The highest BCUT2D eigenvalue weighted by Gasteiger charge is 2.15. The van der Waals surface area contributed by atoms with E-state index in [1.807, 2.05) is 16.3 Å². The molecule has 2 aromatic rings. The lowest BCUT2D eigenvalue weighted by Crippen LogP contribution is -2.43. The van der Waals surface area contributed by atoms with Crippen molar-refractivity contribution in [2.24, 2.45) is 0 Å². The summed E-state index contributed by atoms with van der Waals surface area (Å²) in [7, 11) is -3.90. The first-order valence-electron chi connectivity index (χ1n) is 6.60. The molecule has 24 heavy (non-hydrogen) atoms. The minimum atomic E-state index is -3.90. The topological polar surface area (TPSA) is 108 Å². The molecule has 0 saturated heterocycles. The minimum Gasteiger partial charge on any atom is -0.484 e. The second kappa shape index (κ2) is 7.79. The quantitative estimate of drug-likeness (QED) is 0.756. The van der Waals surface area contributed by atoms with Gasteiger partial charge in [-0.1, -0.05) is 11.6 Å². The molecule has 7 nitrogen and oxygen atoms in total. The lowest BCUT2D eigenvalue weighted by molar-refractivity contribution is -0.123. The average molecular weight is 366 g/mol. The van der Waals surface area contributed by atoms with Gasteiger partial charge in [-0.05, 0) is 48.5 Å². The molecule has 2 N–H and O–H groups in total. The molecule has 0 spiro atoms. The number of rotatable bonds is 6. The van der Waals surface area contributed by atoms with Crippen molar-refractivity contribution >= 4 is 27.5 Å². The Bertz CT molecular complexity index is 859. The number of sulfonamides is 1. The van der Waals surface area contributed by atoms with Gasteiger partial charge in [-0.3, -0.25) is 10.2 Å². The molecule has 0 bridgehead atoms. The van der Waals surface area contributed by atoms with Crippen LogP contribution in [0.25, 0.3) is 0 Å². The molecule has 1 amide bonds. The van der Waals surface area contributed by atoms with Gasteiger partial charge in [0.05, 0.1) is 16.5 Å². The third-order valence-corrected chi connectivity index (χ3v) is 4.32. The van der Waals surface area contributed by atoms with Gasteiger partial charge in [-0.2, -0.15) is 5.26 Å². The summed E-state index contributed by atoms with van der Waals surface area (Å²) in [5, 5.41) is 9.07. The van der Waals surface area contributed by atoms with Crippen LogP contribution in [0.5, 0.6) is 5.75 Å². The molecule has 0 radical (unpaired) electrons. The molecule has 0 aliphatic carbocycles. The van der Waals surface area contributed by atoms with Gasteiger partial charge in [-0.25, -0.2) is 8.42 Å². The molecule has 0 fully saturated rings. The zero-order chi connectivity index (χ0) is 17.6. The Hall–Kier alpha value is -2.60. The highest BCUT2D eigenvalue weighted by Crippen LogP contribution is 2.13. The summed E-state index contributed by atoms with van der Waals surface area (Å²) in [4.78, 5) is 13.5. The molecule has 0 aromatic heterocycles. The first-order valence-corrected chi connectivity index (χ1v) is 8.46. The minimum absolute atomic E-state index is 0.0415. The van der Waals surface area contributed by atoms with Crippen LogP contribution in [0.3, 0.4) is 0 Å². The van der Waals surface area contributed by atoms with E-state index >= 15 is 0 Å². The van der Waals surface area contributed by atoms with Gasteiger partial charge < -0.3 is 4.74 Å². The van der Waals surface area contributed by atoms with Crippen LogP contribution in [-0.4, -0.2) is 20.9 Å². The van der Waals surface area contributed by atoms with Crippen molar-refractivity contribution in [1.29, 1.82) is 5.26 Å². The van der Waals surface area contributed by atoms with Gasteiger partial charge in [0.2, 0.25) is 0 Å². The molecule has 2 rings (SSSR count). The Morgan fingerprint density at radius 2 is 1.75 bits per heavy atom. The second-order valence-electron chi connectivity index (χ2n) is 4.53. The summed E-state index contributed by atoms with van der Waals surface area (Å²) in [6.07, 6.45) is 0. The van der Waals surface area contributed by atoms with Crippen molar-refractivity contribution in [2.75, 3.05) is 6.61 Å². The third kappa shape index (κ3) is 4.96. The van der Waals surface area contributed by atoms with E-state index in [1.165, 1.54) is 48.5 Å². The zero-order valence-corrected chi connectivity index (χ0v) is 13.8. The number of benzene rings is 2. The Kier molecular flexibility index (Phi) is 5.76. The number of hydrogen-bond donors (Lipinski definition) is 2. The number of ether oxygens (including phenoxy) is 1. The van der Waals surface area contributed by atoms with E-state index in [2.05, 4.69) is 0 Å². The smallest absolute Gasteiger partial charge is 0.272 e. The zero-order valence-electron chi connectivity index (χ0n) is 12.2. The van der Waals surface area contributed by atoms with Crippen LogP contribution >= 0.6 is 11.6 Å². The van der Waals surface area contributed by atoms with Crippen molar-refractivity contribution in [2.45, 2.75) is 4.90 Å². The number of carbonyl (C=O) groups is 1. The van der Waals surface area contributed by atoms with Crippen molar-refractivity contribution in [3.05, 3.63) is 59.1 Å². The summed E-state index contributed by atoms with van der Waals surface area (Å²) in [6.45, 7) is -0.394. The lowest BCUT2D eigenvalue weighted by atomic mass is 10.2. The summed E-state index contributed by atoms with van der Waals surface area (Å²) < 4.78 is 29.1. The van der Waals surface area contributed by atoms with Crippen molar-refractivity contribution in [1.82, 2.24) is 10.3 Å². The maximum Gasteiger partial charge on any atom is 0.272 e. The molecule has 0 atom stereocenters. The number of nitriles is 1. The van der Waals surface area contributed by atoms with E-state index < -0.39 is 22.5 Å². The van der Waals surface area contributed by atoms with Crippen LogP contribution in [0.2, 0.25) is 5.02 Å². The lowest BCUT2D eigenvalue weighted by Gasteiger charge is -2.09. The maximum atomic E-state index is 12.0. The predicted molar refractivity (Wildman–Crippen MR) is 86.6 cm³/mol. The summed E-state index contributed by atoms with van der Waals surface area (Å²) >= 11 is 5.69. The Morgan fingerprint density at radius 1 is 1.12 bits per heavy atom. The standard InChI is InChI=1S/C15H12ClN3O4S/c16-12-3-7-14(8-4-12)24(21,22)19-18-15(20)10-23-13-5-1-11(9-17)2-6-13/h1-8,19H,10H2,(H,18,20). The van der Waals surface area contributed by atoms with Crippen LogP contribution < -0.4 is 15.0 Å². The van der Waals surface area contributed by atoms with Crippen LogP contribution in [0.1, 0.15) is 5.56 Å². The highest BCUT2D eigenvalue weighted by molar-refractivity contribution is 7.89. The Morgan fingerprint density at radius 3 is 2.33 bits per heavy atom. The summed E-state index contributed by atoms with van der Waals surface area (Å²) in [5.74, 6) is -0.304. The Labute approximate surface area is 143 Å². The van der Waals surface area contributed by atoms with Gasteiger partial charge in [0.25, 0.3) is 15.9 Å². The summed E-state index contributed by atoms with van der Waals surface area (Å²) in [6, 6.07) is 13.6. The molecular formula is C15H12ClN3O4S. The third-order valence-electron chi connectivity index (χ3n) is 2.80. The van der Waals surface area contributed by atoms with Crippen LogP contribution in [0.4, 0.5) is 0 Å². The number of hydrogen-bond acceptors (Lipinski definition) is 5. The molecular weight excluding hydrogens is 354 g/mol. The average Bonchev–Trinajstić information content (AvgIpc) is 2.59. The predicted octanol–water partition coefficient (Wildman–Crippen LogP) is 1.60. The molecule has 0 aliphatic rings. The van der Waals surface area contributed by atoms with Crippen molar-refractivity contribution < 1.29 is 17.9 Å². The highest BCUT2D eigenvalue weighted by atomic mass is 35.5. The number of halogens is 1. The first-order chi connectivity index (χ1) is 11.4. The SMILES string of the molecule is N#Cc1ccc(OCC(=O)NNS(=O)(=O)c2ccc(Cl)cc2)cc1. The fourth-order valence-electron chi connectivity index (χ4n) is 1.61. The van der Waals surface area contributed by atoms with Crippen LogP contribution in [0.15, 0.2) is 53.4 Å². The van der Waals surface area contributed by atoms with Crippen molar-refractivity contribution in [3.63, 3.8) is 0 Å². The van der Waals surface area contributed by atoms with Gasteiger partial charge in [-0.15, -0.1) is 4.83 Å². The Balaban J connectivity index is 1.86. The van der Waals surface area contributed by atoms with Gasteiger partial charge in [0.1, 0.15) is 5.75 Å². The largest absolute Gasteiger partial charge is 0.484 e. The van der Waals surface area contributed by atoms with E-state index in [4.69, 9.17) is 21.6 Å². The monoisotopic (exact) mass is 365 g/mol. The number of carbonyl (C=O) groups excluding carboxylic acids is 1. The molecule has 0 saturated carbocycles. The normalized spacial score (nSPS) is 10.7. The van der Waals surface area contributed by atoms with Gasteiger partial charge in [0.15, 0.2) is 6.61 Å². The van der Waals surface area contributed by atoms with Gasteiger partial charge in [0, 0.05) is 5.02 Å². The molecule has 0 aliphatic heterocycles. The molecule has 9 heteroatoms. The number of nitrogens with zero attached hydrogens (tertiary/aromatic N) is 1. The van der Waals surface area contributed by atoms with Crippen molar-refractivity contribution in [3.8, 4) is 11.8 Å². The van der Waals surface area contributed by atoms with Crippen LogP contribution in [-0.2, 0) is 14.8 Å². The summed E-state index contributed by atoms with van der Waals surface area (Å²) in [5.41, 5.74) is 2.50. The number of amides is 1. The van der Waals surface area contributed by atoms with E-state index in [-0.39, 0.29) is 4.90 Å². The molecule has 0 unspecified atom stereocenters. The maximum absolute atomic E-state index is 12.0. The second-order valence-corrected chi connectivity index (χ2v) is 6.65. The van der Waals surface area contributed by atoms with E-state index in [0.717, 1.165) is 0 Å². The van der Waals surface area contributed by atoms with E-state index in [9.17, 15) is 13.2 Å². The molecule has 124 valence electrons. The molecule has 0 heterocycles. The fraction of sp³-hybridized carbons (Fsp3) is 0.0667. The first kappa shape index (κ1) is 17.7. The number of hydrazine groups is 1. The van der Waals surface area contributed by atoms with E-state index in [1.54, 1.807) is 0 Å². The molecule has 2 aromatic carbocycles. The van der Waals surface area contributed by atoms with Crippen LogP contribution in [0, 0.1) is 11.3 Å². The van der Waals surface area contributed by atoms with Gasteiger partial charge >= 0.3 is 0 Å². The number of nitrogens with one attached hydrogen (secondary N) is 2. The van der Waals surface area contributed by atoms with E-state index in [0.29, 0.717) is 16.3 Å². The fourth-order valence-corrected chi connectivity index (χ4v) is 2.59.